The summed E-state index contributed by atoms with van der Waals surface area (Å²) in [5, 5.41) is 0.555. The van der Waals surface area contributed by atoms with E-state index in [-0.39, 0.29) is 12.6 Å². The van der Waals surface area contributed by atoms with Crippen molar-refractivity contribution in [2.75, 3.05) is 13.7 Å². The number of aromatic nitrogens is 3. The zero-order valence-electron chi connectivity index (χ0n) is 19.3. The second-order valence-corrected chi connectivity index (χ2v) is 8.18. The van der Waals surface area contributed by atoms with Gasteiger partial charge in [0, 0.05) is 10.6 Å². The molecule has 0 saturated carbocycles. The summed E-state index contributed by atoms with van der Waals surface area (Å²) >= 11 is 6.06. The fourth-order valence-corrected chi connectivity index (χ4v) is 3.74. The highest BCUT2D eigenvalue weighted by molar-refractivity contribution is 6.30. The van der Waals surface area contributed by atoms with Crippen LogP contribution in [0.5, 0.6) is 17.5 Å². The molecule has 4 aromatic rings. The minimum atomic E-state index is -0.445. The molecule has 0 atom stereocenters. The van der Waals surface area contributed by atoms with Crippen LogP contribution < -0.4 is 9.47 Å². The number of carbonyl (C=O) groups excluding carboxylic acids is 1. The highest BCUT2D eigenvalue weighted by Crippen LogP contribution is 2.33. The summed E-state index contributed by atoms with van der Waals surface area (Å²) in [4.78, 5) is 25.1. The van der Waals surface area contributed by atoms with Crippen LogP contribution in [0, 0.1) is 13.8 Å². The van der Waals surface area contributed by atoms with E-state index in [0.29, 0.717) is 40.1 Å². The normalized spacial score (nSPS) is 11.0. The standard InChI is InChI=1S/C25H24ClN3O5/c1-5-7-19-21-24(29-25(27-19)33-18-9-6-8-17(26)12-18)34-23(28-21)16-10-14(2)22(15(3)11-16)32-13-20(30)31-4/h6,8-12H,5,7,13H2,1-4H3. The molecule has 8 nitrogen and oxygen atoms in total. The number of ether oxygens (including phenoxy) is 3. The van der Waals surface area contributed by atoms with E-state index < -0.39 is 5.97 Å². The van der Waals surface area contributed by atoms with Crippen LogP contribution in [-0.4, -0.2) is 34.6 Å². The number of benzene rings is 2. The topological polar surface area (TPSA) is 96.6 Å². The number of oxazole rings is 1. The van der Waals surface area contributed by atoms with Gasteiger partial charge < -0.3 is 18.6 Å². The zero-order chi connectivity index (χ0) is 24.2. The molecule has 4 rings (SSSR count). The summed E-state index contributed by atoms with van der Waals surface area (Å²) < 4.78 is 22.1. The molecule has 0 aliphatic carbocycles. The van der Waals surface area contributed by atoms with E-state index in [9.17, 15) is 4.79 Å². The fraction of sp³-hybridized carbons (Fsp3) is 0.280. The zero-order valence-corrected chi connectivity index (χ0v) is 20.1. The third kappa shape index (κ3) is 5.12. The van der Waals surface area contributed by atoms with E-state index in [2.05, 4.69) is 26.6 Å². The number of hydrogen-bond donors (Lipinski definition) is 0. The molecule has 0 unspecified atom stereocenters. The number of fused-ring (bicyclic) bond motifs is 1. The minimum Gasteiger partial charge on any atom is -0.481 e. The lowest BCUT2D eigenvalue weighted by Gasteiger charge is -2.12. The largest absolute Gasteiger partial charge is 0.481 e. The lowest BCUT2D eigenvalue weighted by molar-refractivity contribution is -0.142. The van der Waals surface area contributed by atoms with Crippen LogP contribution in [0.1, 0.15) is 30.2 Å². The van der Waals surface area contributed by atoms with Crippen LogP contribution in [0.15, 0.2) is 40.8 Å². The first-order chi connectivity index (χ1) is 16.4. The molecule has 34 heavy (non-hydrogen) atoms. The lowest BCUT2D eigenvalue weighted by atomic mass is 10.1. The van der Waals surface area contributed by atoms with E-state index >= 15 is 0 Å². The molecule has 0 fully saturated rings. The predicted molar refractivity (Wildman–Crippen MR) is 128 cm³/mol. The van der Waals surface area contributed by atoms with Gasteiger partial charge >= 0.3 is 12.0 Å². The van der Waals surface area contributed by atoms with Crippen molar-refractivity contribution < 1.29 is 23.4 Å². The molecule has 0 aliphatic heterocycles. The van der Waals surface area contributed by atoms with Crippen LogP contribution in [0.3, 0.4) is 0 Å². The highest BCUT2D eigenvalue weighted by atomic mass is 35.5. The Morgan fingerprint density at radius 3 is 2.53 bits per heavy atom. The van der Waals surface area contributed by atoms with Gasteiger partial charge in [0.25, 0.3) is 5.71 Å². The van der Waals surface area contributed by atoms with Crippen molar-refractivity contribution in [3.63, 3.8) is 0 Å². The number of esters is 1. The van der Waals surface area contributed by atoms with Gasteiger partial charge in [-0.05, 0) is 61.7 Å². The third-order valence-electron chi connectivity index (χ3n) is 5.07. The second kappa shape index (κ2) is 10.1. The third-order valence-corrected chi connectivity index (χ3v) is 5.31. The van der Waals surface area contributed by atoms with Gasteiger partial charge in [0.15, 0.2) is 12.1 Å². The predicted octanol–water partition coefficient (Wildman–Crippen LogP) is 5.85. The Morgan fingerprint density at radius 2 is 1.85 bits per heavy atom. The van der Waals surface area contributed by atoms with Crippen LogP contribution in [0.25, 0.3) is 22.7 Å². The van der Waals surface area contributed by atoms with Crippen LogP contribution in [0.4, 0.5) is 0 Å². The van der Waals surface area contributed by atoms with Gasteiger partial charge in [-0.1, -0.05) is 31.0 Å². The first-order valence-electron chi connectivity index (χ1n) is 10.8. The van der Waals surface area contributed by atoms with Gasteiger partial charge in [-0.2, -0.15) is 9.97 Å². The molecular formula is C25H24ClN3O5. The Morgan fingerprint density at radius 1 is 1.09 bits per heavy atom. The van der Waals surface area contributed by atoms with Crippen molar-refractivity contribution in [2.45, 2.75) is 33.6 Å². The summed E-state index contributed by atoms with van der Waals surface area (Å²) in [5.74, 6) is 1.11. The van der Waals surface area contributed by atoms with Crippen LogP contribution in [-0.2, 0) is 16.0 Å². The first kappa shape index (κ1) is 23.5. The molecule has 176 valence electrons. The number of rotatable bonds is 8. The van der Waals surface area contributed by atoms with Gasteiger partial charge in [-0.3, -0.25) is 0 Å². The van der Waals surface area contributed by atoms with Gasteiger partial charge in [0.2, 0.25) is 5.89 Å². The Hall–Kier alpha value is -3.65. The molecule has 2 heterocycles. The Balaban J connectivity index is 1.70. The average Bonchev–Trinajstić information content (AvgIpc) is 3.23. The maximum absolute atomic E-state index is 11.4. The monoisotopic (exact) mass is 481 g/mol. The molecule has 0 N–H and O–H groups in total. The summed E-state index contributed by atoms with van der Waals surface area (Å²) in [6.07, 6.45) is 1.56. The number of methoxy groups -OCH3 is 1. The molecule has 0 amide bonds. The van der Waals surface area contributed by atoms with Crippen LogP contribution in [0.2, 0.25) is 5.02 Å². The fourth-order valence-electron chi connectivity index (χ4n) is 3.56. The number of carbonyl (C=O) groups is 1. The van der Waals surface area contributed by atoms with Gasteiger partial charge in [0.05, 0.1) is 12.8 Å². The molecule has 2 aromatic heterocycles. The Kier molecular flexibility index (Phi) is 6.98. The maximum Gasteiger partial charge on any atom is 0.343 e. The number of nitrogens with zero attached hydrogens (tertiary/aromatic N) is 3. The molecule has 2 aromatic carbocycles. The summed E-state index contributed by atoms with van der Waals surface area (Å²) in [5.41, 5.74) is 4.12. The quantitative estimate of drug-likeness (QED) is 0.289. The molecule has 0 aliphatic rings. The van der Waals surface area contributed by atoms with Gasteiger partial charge in [0.1, 0.15) is 11.5 Å². The Bertz CT molecular complexity index is 1330. The minimum absolute atomic E-state index is 0.161. The number of hydrogen-bond acceptors (Lipinski definition) is 8. The van der Waals surface area contributed by atoms with Crippen molar-refractivity contribution in [3.05, 3.63) is 58.2 Å². The van der Waals surface area contributed by atoms with E-state index in [1.807, 2.05) is 26.0 Å². The molecule has 0 bridgehead atoms. The Labute approximate surface area is 201 Å². The highest BCUT2D eigenvalue weighted by Gasteiger charge is 2.19. The number of aryl methyl sites for hydroxylation is 3. The van der Waals surface area contributed by atoms with E-state index in [1.54, 1.807) is 24.3 Å². The van der Waals surface area contributed by atoms with Gasteiger partial charge in [-0.25, -0.2) is 9.78 Å². The molecule has 9 heteroatoms. The second-order valence-electron chi connectivity index (χ2n) is 7.74. The molecule has 0 radical (unpaired) electrons. The lowest BCUT2D eigenvalue weighted by Crippen LogP contribution is -2.13. The average molecular weight is 482 g/mol. The van der Waals surface area contributed by atoms with Crippen molar-refractivity contribution in [1.82, 2.24) is 15.0 Å². The molecule has 0 saturated heterocycles. The number of halogens is 1. The van der Waals surface area contributed by atoms with Crippen molar-refractivity contribution in [1.29, 1.82) is 0 Å². The maximum atomic E-state index is 11.4. The smallest absolute Gasteiger partial charge is 0.343 e. The van der Waals surface area contributed by atoms with E-state index in [4.69, 9.17) is 25.5 Å². The molecular weight excluding hydrogens is 458 g/mol. The van der Waals surface area contributed by atoms with E-state index in [0.717, 1.165) is 28.8 Å². The summed E-state index contributed by atoms with van der Waals surface area (Å²) in [6.45, 7) is 5.69. The first-order valence-corrected chi connectivity index (χ1v) is 11.2. The van der Waals surface area contributed by atoms with Gasteiger partial charge in [-0.15, -0.1) is 0 Å². The summed E-state index contributed by atoms with van der Waals surface area (Å²) in [6, 6.07) is 11.0. The van der Waals surface area contributed by atoms with Crippen LogP contribution >= 0.6 is 11.6 Å². The van der Waals surface area contributed by atoms with Crippen molar-refractivity contribution >= 4 is 28.8 Å². The summed E-state index contributed by atoms with van der Waals surface area (Å²) in [7, 11) is 1.32. The van der Waals surface area contributed by atoms with Crippen molar-refractivity contribution in [3.8, 4) is 29.0 Å². The molecule has 0 spiro atoms. The van der Waals surface area contributed by atoms with Crippen molar-refractivity contribution in [2.24, 2.45) is 0 Å². The van der Waals surface area contributed by atoms with E-state index in [1.165, 1.54) is 7.11 Å². The SMILES string of the molecule is CCCc1nc(Oc2cccc(Cl)c2)nc2oc(-c3cc(C)c(OCC(=O)OC)c(C)c3)nc12.